The molecule has 0 radical (unpaired) electrons. The summed E-state index contributed by atoms with van der Waals surface area (Å²) in [5, 5.41) is 3.31. The number of carbonyl (C=O) groups is 1. The fourth-order valence-electron chi connectivity index (χ4n) is 3.88. The number of piperidine rings is 1. The number of aryl methyl sites for hydroxylation is 1. The summed E-state index contributed by atoms with van der Waals surface area (Å²) >= 11 is 6.03. The van der Waals surface area contributed by atoms with E-state index in [0.29, 0.717) is 23.8 Å². The molecule has 162 valence electrons. The van der Waals surface area contributed by atoms with Crippen molar-refractivity contribution in [2.45, 2.75) is 32.1 Å². The summed E-state index contributed by atoms with van der Waals surface area (Å²) < 4.78 is 33.6. The second kappa shape index (κ2) is 8.96. The third-order valence-corrected chi connectivity index (χ3v) is 7.41. The van der Waals surface area contributed by atoms with Gasteiger partial charge in [-0.3, -0.25) is 4.79 Å². The van der Waals surface area contributed by atoms with Crippen molar-refractivity contribution >= 4 is 33.2 Å². The number of hydrogen-bond acceptors (Lipinski definition) is 4. The molecule has 1 fully saturated rings. The van der Waals surface area contributed by atoms with Gasteiger partial charge in [-0.15, -0.1) is 0 Å². The molecule has 2 aromatic carbocycles. The quantitative estimate of drug-likeness (QED) is 0.723. The normalized spacial score (nSPS) is 20.0. The van der Waals surface area contributed by atoms with Crippen molar-refractivity contribution in [1.82, 2.24) is 4.31 Å². The molecular formula is C22H27ClN2O4S. The van der Waals surface area contributed by atoms with Crippen LogP contribution in [0, 0.1) is 18.8 Å². The number of hydrogen-bond donors (Lipinski definition) is 1. The van der Waals surface area contributed by atoms with Crippen LogP contribution in [0.5, 0.6) is 5.75 Å². The van der Waals surface area contributed by atoms with Crippen molar-refractivity contribution in [3.8, 4) is 5.75 Å². The van der Waals surface area contributed by atoms with Crippen LogP contribution in [0.3, 0.4) is 0 Å². The molecule has 1 N–H and O–H groups in total. The highest BCUT2D eigenvalue weighted by Crippen LogP contribution is 2.32. The van der Waals surface area contributed by atoms with E-state index in [-0.39, 0.29) is 28.0 Å². The van der Waals surface area contributed by atoms with Gasteiger partial charge in [-0.1, -0.05) is 31.5 Å². The van der Waals surface area contributed by atoms with E-state index in [1.807, 2.05) is 20.8 Å². The zero-order valence-electron chi connectivity index (χ0n) is 17.6. The maximum Gasteiger partial charge on any atom is 0.255 e. The van der Waals surface area contributed by atoms with E-state index in [4.69, 9.17) is 16.3 Å². The second-order valence-corrected chi connectivity index (χ2v) is 10.4. The molecule has 1 aliphatic heterocycles. The third-order valence-electron chi connectivity index (χ3n) is 5.33. The van der Waals surface area contributed by atoms with Crippen LogP contribution >= 0.6 is 11.6 Å². The molecule has 0 spiro atoms. The highest BCUT2D eigenvalue weighted by Gasteiger charge is 2.34. The number of ether oxygens (including phenoxy) is 1. The lowest BCUT2D eigenvalue weighted by molar-refractivity contribution is 0.102. The van der Waals surface area contributed by atoms with Crippen molar-refractivity contribution < 1.29 is 17.9 Å². The first-order valence-electron chi connectivity index (χ1n) is 9.87. The molecule has 1 heterocycles. The van der Waals surface area contributed by atoms with Crippen LogP contribution in [0.15, 0.2) is 41.3 Å². The number of sulfonamides is 1. The Morgan fingerprint density at radius 1 is 1.13 bits per heavy atom. The molecule has 30 heavy (non-hydrogen) atoms. The van der Waals surface area contributed by atoms with Gasteiger partial charge in [0.25, 0.3) is 5.91 Å². The summed E-state index contributed by atoms with van der Waals surface area (Å²) in [5.74, 6) is 0.342. The standard InChI is InChI=1S/C22H27ClN2O4S/c1-14-9-15(2)13-25(12-14)30(27,28)21-10-17(6-8-20(21)29-4)22(26)24-19-11-18(23)7-5-16(19)3/h5-8,10-11,14-15H,9,12-13H2,1-4H3,(H,24,26). The number of amides is 1. The predicted molar refractivity (Wildman–Crippen MR) is 119 cm³/mol. The lowest BCUT2D eigenvalue weighted by Crippen LogP contribution is -2.42. The molecule has 2 unspecified atom stereocenters. The fraction of sp³-hybridized carbons (Fsp3) is 0.409. The van der Waals surface area contributed by atoms with Crippen LogP contribution in [0.1, 0.15) is 36.2 Å². The van der Waals surface area contributed by atoms with Crippen molar-refractivity contribution in [3.05, 3.63) is 52.5 Å². The molecule has 1 aliphatic rings. The van der Waals surface area contributed by atoms with Crippen LogP contribution in [0.2, 0.25) is 5.02 Å². The first kappa shape index (κ1) is 22.6. The van der Waals surface area contributed by atoms with E-state index in [9.17, 15) is 13.2 Å². The molecule has 8 heteroatoms. The Hall–Kier alpha value is -2.09. The van der Waals surface area contributed by atoms with Crippen molar-refractivity contribution in [1.29, 1.82) is 0 Å². The van der Waals surface area contributed by atoms with E-state index in [1.165, 1.54) is 23.5 Å². The van der Waals surface area contributed by atoms with Crippen molar-refractivity contribution in [2.75, 3.05) is 25.5 Å². The summed E-state index contributed by atoms with van der Waals surface area (Å²) in [4.78, 5) is 12.8. The number of nitrogens with one attached hydrogen (secondary N) is 1. The van der Waals surface area contributed by atoms with E-state index in [2.05, 4.69) is 5.32 Å². The number of halogens is 1. The smallest absolute Gasteiger partial charge is 0.255 e. The van der Waals surface area contributed by atoms with Crippen LogP contribution in [-0.2, 0) is 10.0 Å². The van der Waals surface area contributed by atoms with Crippen LogP contribution in [0.4, 0.5) is 5.69 Å². The maximum absolute atomic E-state index is 13.4. The molecule has 1 amide bonds. The summed E-state index contributed by atoms with van der Waals surface area (Å²) in [6.45, 7) is 6.86. The van der Waals surface area contributed by atoms with E-state index >= 15 is 0 Å². The van der Waals surface area contributed by atoms with Gasteiger partial charge in [0.05, 0.1) is 7.11 Å². The molecule has 2 aromatic rings. The third kappa shape index (κ3) is 4.79. The highest BCUT2D eigenvalue weighted by molar-refractivity contribution is 7.89. The average Bonchev–Trinajstić information content (AvgIpc) is 2.69. The van der Waals surface area contributed by atoms with E-state index < -0.39 is 15.9 Å². The van der Waals surface area contributed by atoms with Crippen LogP contribution in [0.25, 0.3) is 0 Å². The Morgan fingerprint density at radius 2 is 1.80 bits per heavy atom. The largest absolute Gasteiger partial charge is 0.495 e. The van der Waals surface area contributed by atoms with Gasteiger partial charge < -0.3 is 10.1 Å². The Bertz CT molecular complexity index is 1050. The van der Waals surface area contributed by atoms with Gasteiger partial charge in [0.15, 0.2) is 0 Å². The zero-order chi connectivity index (χ0) is 22.1. The SMILES string of the molecule is COc1ccc(C(=O)Nc2cc(Cl)ccc2C)cc1S(=O)(=O)N1CC(C)CC(C)C1. The Labute approximate surface area is 183 Å². The average molecular weight is 451 g/mol. The number of carbonyl (C=O) groups excluding carboxylic acids is 1. The topological polar surface area (TPSA) is 75.7 Å². The molecule has 0 aliphatic carbocycles. The molecular weight excluding hydrogens is 424 g/mol. The van der Waals surface area contributed by atoms with Gasteiger partial charge in [0, 0.05) is 29.4 Å². The van der Waals surface area contributed by atoms with Crippen LogP contribution in [-0.4, -0.2) is 38.8 Å². The van der Waals surface area contributed by atoms with Gasteiger partial charge in [-0.05, 0) is 61.1 Å². The summed E-state index contributed by atoms with van der Waals surface area (Å²) in [6, 6.07) is 9.66. The van der Waals surface area contributed by atoms with E-state index in [0.717, 1.165) is 12.0 Å². The van der Waals surface area contributed by atoms with E-state index in [1.54, 1.807) is 24.3 Å². The Morgan fingerprint density at radius 3 is 2.43 bits per heavy atom. The molecule has 3 rings (SSSR count). The molecule has 0 aromatic heterocycles. The van der Waals surface area contributed by atoms with Crippen molar-refractivity contribution in [2.24, 2.45) is 11.8 Å². The highest BCUT2D eigenvalue weighted by atomic mass is 35.5. The second-order valence-electron chi connectivity index (χ2n) is 8.05. The first-order chi connectivity index (χ1) is 14.1. The van der Waals surface area contributed by atoms with Gasteiger partial charge in [-0.25, -0.2) is 8.42 Å². The van der Waals surface area contributed by atoms with Gasteiger partial charge >= 0.3 is 0 Å². The minimum atomic E-state index is -3.81. The number of methoxy groups -OCH3 is 1. The zero-order valence-corrected chi connectivity index (χ0v) is 19.2. The number of anilines is 1. The van der Waals surface area contributed by atoms with Gasteiger partial charge in [0.2, 0.25) is 10.0 Å². The van der Waals surface area contributed by atoms with Gasteiger partial charge in [-0.2, -0.15) is 4.31 Å². The summed E-state index contributed by atoms with van der Waals surface area (Å²) in [7, 11) is -2.39. The monoisotopic (exact) mass is 450 g/mol. The predicted octanol–water partition coefficient (Wildman–Crippen LogP) is 4.58. The molecule has 1 saturated heterocycles. The molecule has 2 atom stereocenters. The minimum Gasteiger partial charge on any atom is -0.495 e. The molecule has 0 saturated carbocycles. The number of benzene rings is 2. The Kier molecular flexibility index (Phi) is 6.75. The molecule has 0 bridgehead atoms. The lowest BCUT2D eigenvalue weighted by atomic mass is 9.94. The van der Waals surface area contributed by atoms with Crippen molar-refractivity contribution in [3.63, 3.8) is 0 Å². The van der Waals surface area contributed by atoms with Crippen LogP contribution < -0.4 is 10.1 Å². The fourth-order valence-corrected chi connectivity index (χ4v) is 5.92. The minimum absolute atomic E-state index is 0.00164. The lowest BCUT2D eigenvalue weighted by Gasteiger charge is -2.34. The van der Waals surface area contributed by atoms with Gasteiger partial charge in [0.1, 0.15) is 10.6 Å². The number of rotatable bonds is 5. The first-order valence-corrected chi connectivity index (χ1v) is 11.7. The number of nitrogens with zero attached hydrogens (tertiary/aromatic N) is 1. The summed E-state index contributed by atoms with van der Waals surface area (Å²) in [6.07, 6.45) is 0.991. The Balaban J connectivity index is 1.95. The maximum atomic E-state index is 13.4. The molecule has 6 nitrogen and oxygen atoms in total. The summed E-state index contributed by atoms with van der Waals surface area (Å²) in [5.41, 5.74) is 1.66.